The van der Waals surface area contributed by atoms with E-state index in [9.17, 15) is 4.79 Å². The van der Waals surface area contributed by atoms with Gasteiger partial charge in [0, 0.05) is 19.6 Å². The summed E-state index contributed by atoms with van der Waals surface area (Å²) in [6.45, 7) is 7.84. The first kappa shape index (κ1) is 16.4. The maximum absolute atomic E-state index is 11.2. The SMILES string of the molecule is CCNC(=O)CCCCCCCOC(C)CC. The van der Waals surface area contributed by atoms with Gasteiger partial charge in [0.1, 0.15) is 0 Å². The molecule has 0 aromatic rings. The normalized spacial score (nSPS) is 12.4. The van der Waals surface area contributed by atoms with E-state index in [-0.39, 0.29) is 5.91 Å². The van der Waals surface area contributed by atoms with Gasteiger partial charge in [-0.1, -0.05) is 26.2 Å². The second-order valence-electron chi connectivity index (χ2n) is 4.56. The number of nitrogens with one attached hydrogen (secondary N) is 1. The van der Waals surface area contributed by atoms with Crippen LogP contribution in [-0.2, 0) is 9.53 Å². The van der Waals surface area contributed by atoms with Gasteiger partial charge in [-0.3, -0.25) is 4.79 Å². The molecule has 0 heterocycles. The van der Waals surface area contributed by atoms with E-state index >= 15 is 0 Å². The summed E-state index contributed by atoms with van der Waals surface area (Å²) in [4.78, 5) is 11.2. The van der Waals surface area contributed by atoms with Crippen LogP contribution in [-0.4, -0.2) is 25.2 Å². The molecule has 102 valence electrons. The highest BCUT2D eigenvalue weighted by atomic mass is 16.5. The van der Waals surface area contributed by atoms with Gasteiger partial charge in [0.25, 0.3) is 0 Å². The molecule has 1 unspecified atom stereocenters. The third-order valence-corrected chi connectivity index (χ3v) is 2.90. The van der Waals surface area contributed by atoms with Crippen LogP contribution in [0.3, 0.4) is 0 Å². The fourth-order valence-electron chi connectivity index (χ4n) is 1.61. The van der Waals surface area contributed by atoms with Gasteiger partial charge >= 0.3 is 0 Å². The van der Waals surface area contributed by atoms with Crippen LogP contribution in [0, 0.1) is 0 Å². The zero-order chi connectivity index (χ0) is 12.9. The second-order valence-corrected chi connectivity index (χ2v) is 4.56. The number of carbonyl (C=O) groups excluding carboxylic acids is 1. The van der Waals surface area contributed by atoms with Crippen molar-refractivity contribution in [3.05, 3.63) is 0 Å². The van der Waals surface area contributed by atoms with Crippen LogP contribution >= 0.6 is 0 Å². The highest BCUT2D eigenvalue weighted by molar-refractivity contribution is 5.75. The smallest absolute Gasteiger partial charge is 0.219 e. The maximum atomic E-state index is 11.2. The van der Waals surface area contributed by atoms with E-state index in [1.807, 2.05) is 6.92 Å². The third kappa shape index (κ3) is 11.7. The fraction of sp³-hybridized carbons (Fsp3) is 0.929. The first-order valence-corrected chi connectivity index (χ1v) is 7.09. The average molecular weight is 243 g/mol. The largest absolute Gasteiger partial charge is 0.379 e. The lowest BCUT2D eigenvalue weighted by Crippen LogP contribution is -2.21. The number of ether oxygens (including phenoxy) is 1. The first-order chi connectivity index (χ1) is 8.20. The predicted molar refractivity (Wildman–Crippen MR) is 72.1 cm³/mol. The molecule has 1 atom stereocenters. The minimum absolute atomic E-state index is 0.188. The third-order valence-electron chi connectivity index (χ3n) is 2.90. The predicted octanol–water partition coefficient (Wildman–Crippen LogP) is 3.28. The minimum Gasteiger partial charge on any atom is -0.379 e. The number of unbranched alkanes of at least 4 members (excludes halogenated alkanes) is 4. The highest BCUT2D eigenvalue weighted by Gasteiger charge is 1.99. The minimum atomic E-state index is 0.188. The second kappa shape index (κ2) is 11.9. The van der Waals surface area contributed by atoms with Crippen molar-refractivity contribution in [3.63, 3.8) is 0 Å². The lowest BCUT2D eigenvalue weighted by Gasteiger charge is -2.09. The topological polar surface area (TPSA) is 38.3 Å². The lowest BCUT2D eigenvalue weighted by atomic mass is 10.1. The van der Waals surface area contributed by atoms with Gasteiger partial charge in [-0.15, -0.1) is 0 Å². The Hall–Kier alpha value is -0.570. The Bertz CT molecular complexity index is 183. The summed E-state index contributed by atoms with van der Waals surface area (Å²) in [6.07, 6.45) is 7.90. The molecule has 0 aromatic heterocycles. The lowest BCUT2D eigenvalue weighted by molar-refractivity contribution is -0.121. The van der Waals surface area contributed by atoms with Gasteiger partial charge in [-0.25, -0.2) is 0 Å². The van der Waals surface area contributed by atoms with Crippen molar-refractivity contribution < 1.29 is 9.53 Å². The summed E-state index contributed by atoms with van der Waals surface area (Å²) in [5.41, 5.74) is 0. The van der Waals surface area contributed by atoms with Crippen molar-refractivity contribution in [2.75, 3.05) is 13.2 Å². The number of rotatable bonds is 11. The Morgan fingerprint density at radius 2 is 1.76 bits per heavy atom. The van der Waals surface area contributed by atoms with E-state index in [0.717, 1.165) is 38.8 Å². The fourth-order valence-corrected chi connectivity index (χ4v) is 1.61. The Morgan fingerprint density at radius 3 is 2.41 bits per heavy atom. The summed E-state index contributed by atoms with van der Waals surface area (Å²) in [5.74, 6) is 0.188. The monoisotopic (exact) mass is 243 g/mol. The molecule has 0 saturated carbocycles. The van der Waals surface area contributed by atoms with Gasteiger partial charge in [-0.05, 0) is 33.1 Å². The van der Waals surface area contributed by atoms with Crippen LogP contribution in [0.5, 0.6) is 0 Å². The zero-order valence-corrected chi connectivity index (χ0v) is 11.8. The molecule has 0 bridgehead atoms. The Balaban J connectivity index is 3.11. The van der Waals surface area contributed by atoms with E-state index in [4.69, 9.17) is 4.74 Å². The van der Waals surface area contributed by atoms with Gasteiger partial charge in [0.2, 0.25) is 5.91 Å². The average Bonchev–Trinajstić information content (AvgIpc) is 2.32. The molecule has 1 N–H and O–H groups in total. The molecular weight excluding hydrogens is 214 g/mol. The molecule has 0 aliphatic rings. The Labute approximate surface area is 106 Å². The van der Waals surface area contributed by atoms with Crippen molar-refractivity contribution in [3.8, 4) is 0 Å². The standard InChI is InChI=1S/C14H29NO2/c1-4-13(3)17-12-10-8-6-7-9-11-14(16)15-5-2/h13H,4-12H2,1-3H3,(H,15,16). The van der Waals surface area contributed by atoms with Crippen molar-refractivity contribution in [2.24, 2.45) is 0 Å². The van der Waals surface area contributed by atoms with Crippen molar-refractivity contribution in [1.82, 2.24) is 5.32 Å². The molecule has 0 aliphatic carbocycles. The first-order valence-electron chi connectivity index (χ1n) is 7.09. The molecule has 1 amide bonds. The maximum Gasteiger partial charge on any atom is 0.219 e. The molecule has 3 heteroatoms. The van der Waals surface area contributed by atoms with Crippen LogP contribution in [0.1, 0.15) is 65.7 Å². The summed E-state index contributed by atoms with van der Waals surface area (Å²) in [6, 6.07) is 0. The zero-order valence-electron chi connectivity index (χ0n) is 11.8. The molecular formula is C14H29NO2. The quantitative estimate of drug-likeness (QED) is 0.566. The van der Waals surface area contributed by atoms with E-state index in [1.165, 1.54) is 12.8 Å². The Morgan fingerprint density at radius 1 is 1.12 bits per heavy atom. The molecule has 0 aliphatic heterocycles. The molecule has 0 saturated heterocycles. The number of hydrogen-bond acceptors (Lipinski definition) is 2. The highest BCUT2D eigenvalue weighted by Crippen LogP contribution is 2.06. The number of hydrogen-bond donors (Lipinski definition) is 1. The summed E-state index contributed by atoms with van der Waals surface area (Å²) < 4.78 is 5.60. The molecule has 0 radical (unpaired) electrons. The summed E-state index contributed by atoms with van der Waals surface area (Å²) >= 11 is 0. The van der Waals surface area contributed by atoms with Gasteiger partial charge in [-0.2, -0.15) is 0 Å². The van der Waals surface area contributed by atoms with Gasteiger partial charge in [0.05, 0.1) is 6.10 Å². The van der Waals surface area contributed by atoms with Gasteiger partial charge in [0.15, 0.2) is 0 Å². The molecule has 17 heavy (non-hydrogen) atoms. The molecule has 0 fully saturated rings. The summed E-state index contributed by atoms with van der Waals surface area (Å²) in [5, 5.41) is 2.82. The van der Waals surface area contributed by atoms with Crippen molar-refractivity contribution >= 4 is 5.91 Å². The van der Waals surface area contributed by atoms with Gasteiger partial charge < -0.3 is 10.1 Å². The van der Waals surface area contributed by atoms with Crippen LogP contribution in [0.2, 0.25) is 0 Å². The van der Waals surface area contributed by atoms with Crippen molar-refractivity contribution in [1.29, 1.82) is 0 Å². The molecule has 0 aromatic carbocycles. The van der Waals surface area contributed by atoms with E-state index in [1.54, 1.807) is 0 Å². The number of amides is 1. The molecule has 0 rings (SSSR count). The van der Waals surface area contributed by atoms with Crippen LogP contribution < -0.4 is 5.32 Å². The van der Waals surface area contributed by atoms with Crippen LogP contribution in [0.15, 0.2) is 0 Å². The molecule has 3 nitrogen and oxygen atoms in total. The summed E-state index contributed by atoms with van der Waals surface area (Å²) in [7, 11) is 0. The van der Waals surface area contributed by atoms with Crippen LogP contribution in [0.25, 0.3) is 0 Å². The van der Waals surface area contributed by atoms with E-state index in [0.29, 0.717) is 12.5 Å². The van der Waals surface area contributed by atoms with E-state index < -0.39 is 0 Å². The molecule has 0 spiro atoms. The Kier molecular flexibility index (Phi) is 11.5. The number of carbonyl (C=O) groups is 1. The van der Waals surface area contributed by atoms with E-state index in [2.05, 4.69) is 19.2 Å². The van der Waals surface area contributed by atoms with Crippen molar-refractivity contribution in [2.45, 2.75) is 71.8 Å². The van der Waals surface area contributed by atoms with Crippen LogP contribution in [0.4, 0.5) is 0 Å².